The summed E-state index contributed by atoms with van der Waals surface area (Å²) in [7, 11) is 0. The summed E-state index contributed by atoms with van der Waals surface area (Å²) in [6.45, 7) is 4.83. The lowest BCUT2D eigenvalue weighted by Gasteiger charge is -2.32. The van der Waals surface area contributed by atoms with Gasteiger partial charge in [0.1, 0.15) is 5.82 Å². The Bertz CT molecular complexity index is 373. The molecule has 17 heavy (non-hydrogen) atoms. The Kier molecular flexibility index (Phi) is 3.97. The van der Waals surface area contributed by atoms with Crippen molar-refractivity contribution in [2.24, 2.45) is 11.7 Å². The number of aliphatic hydroxyl groups is 1. The van der Waals surface area contributed by atoms with E-state index in [1.165, 1.54) is 0 Å². The maximum absolute atomic E-state index is 9.12. The predicted molar refractivity (Wildman–Crippen MR) is 68.9 cm³/mol. The second-order valence-corrected chi connectivity index (χ2v) is 4.79. The summed E-state index contributed by atoms with van der Waals surface area (Å²) in [5, 5.41) is 9.12. The van der Waals surface area contributed by atoms with Crippen molar-refractivity contribution in [3.05, 3.63) is 23.4 Å². The minimum atomic E-state index is 0.309. The number of hydrogen-bond donors (Lipinski definition) is 2. The lowest BCUT2D eigenvalue weighted by Crippen LogP contribution is -2.35. The molecule has 0 atom stereocenters. The van der Waals surface area contributed by atoms with Gasteiger partial charge in [-0.1, -0.05) is 0 Å². The van der Waals surface area contributed by atoms with Crippen LogP contribution in [0.1, 0.15) is 24.1 Å². The van der Waals surface area contributed by atoms with Crippen LogP contribution < -0.4 is 10.6 Å². The van der Waals surface area contributed by atoms with E-state index in [4.69, 9.17) is 10.8 Å². The van der Waals surface area contributed by atoms with E-state index in [1.807, 2.05) is 13.0 Å². The zero-order valence-electron chi connectivity index (χ0n) is 10.4. The first-order chi connectivity index (χ1) is 8.22. The van der Waals surface area contributed by atoms with Gasteiger partial charge in [0.05, 0.1) is 0 Å². The number of hydrogen-bond acceptors (Lipinski definition) is 4. The number of nitrogens with zero attached hydrogens (tertiary/aromatic N) is 2. The van der Waals surface area contributed by atoms with Crippen molar-refractivity contribution in [2.75, 3.05) is 24.6 Å². The van der Waals surface area contributed by atoms with Gasteiger partial charge in [-0.25, -0.2) is 4.98 Å². The molecule has 1 aliphatic heterocycles. The van der Waals surface area contributed by atoms with E-state index in [1.54, 1.807) is 0 Å². The fraction of sp³-hybridized carbons (Fsp3) is 0.615. The van der Waals surface area contributed by atoms with Crippen LogP contribution in [-0.4, -0.2) is 29.8 Å². The molecule has 0 bridgehead atoms. The van der Waals surface area contributed by atoms with Crippen molar-refractivity contribution in [3.63, 3.8) is 0 Å². The molecule has 1 saturated heterocycles. The van der Waals surface area contributed by atoms with Crippen LogP contribution in [-0.2, 0) is 6.54 Å². The number of anilines is 1. The number of aryl methyl sites for hydroxylation is 1. The Morgan fingerprint density at radius 3 is 2.71 bits per heavy atom. The zero-order chi connectivity index (χ0) is 12.3. The summed E-state index contributed by atoms with van der Waals surface area (Å²) >= 11 is 0. The molecular formula is C13H21N3O. The first-order valence-electron chi connectivity index (χ1n) is 6.26. The van der Waals surface area contributed by atoms with Gasteiger partial charge >= 0.3 is 0 Å². The molecule has 1 aliphatic rings. The SMILES string of the molecule is Cc1cc(CN)cc(N2CCC(CO)CC2)n1. The standard InChI is InChI=1S/C13H21N3O/c1-10-6-12(8-14)7-13(15-10)16-4-2-11(9-17)3-5-16/h6-7,11,17H,2-5,8-9,14H2,1H3. The molecule has 0 radical (unpaired) electrons. The van der Waals surface area contributed by atoms with E-state index in [0.717, 1.165) is 43.0 Å². The van der Waals surface area contributed by atoms with Crippen molar-refractivity contribution in [2.45, 2.75) is 26.3 Å². The third-order valence-electron chi connectivity index (χ3n) is 3.43. The molecule has 1 fully saturated rings. The van der Waals surface area contributed by atoms with Crippen molar-refractivity contribution in [3.8, 4) is 0 Å². The van der Waals surface area contributed by atoms with E-state index in [0.29, 0.717) is 19.1 Å². The first-order valence-corrected chi connectivity index (χ1v) is 6.26. The van der Waals surface area contributed by atoms with Gasteiger partial charge in [0.15, 0.2) is 0 Å². The number of rotatable bonds is 3. The summed E-state index contributed by atoms with van der Waals surface area (Å²) < 4.78 is 0. The smallest absolute Gasteiger partial charge is 0.129 e. The number of aromatic nitrogens is 1. The van der Waals surface area contributed by atoms with Crippen molar-refractivity contribution >= 4 is 5.82 Å². The van der Waals surface area contributed by atoms with E-state index < -0.39 is 0 Å². The summed E-state index contributed by atoms with van der Waals surface area (Å²) in [5.41, 5.74) is 7.84. The van der Waals surface area contributed by atoms with Gasteiger partial charge in [-0.05, 0) is 43.4 Å². The summed E-state index contributed by atoms with van der Waals surface area (Å²) in [4.78, 5) is 6.85. The van der Waals surface area contributed by atoms with Gasteiger partial charge in [-0.2, -0.15) is 0 Å². The fourth-order valence-corrected chi connectivity index (χ4v) is 2.35. The average Bonchev–Trinajstić information content (AvgIpc) is 2.38. The highest BCUT2D eigenvalue weighted by atomic mass is 16.3. The fourth-order valence-electron chi connectivity index (χ4n) is 2.35. The molecule has 0 aromatic carbocycles. The van der Waals surface area contributed by atoms with Crippen LogP contribution >= 0.6 is 0 Å². The third kappa shape index (κ3) is 2.96. The molecule has 0 saturated carbocycles. The average molecular weight is 235 g/mol. The zero-order valence-corrected chi connectivity index (χ0v) is 10.4. The molecule has 0 amide bonds. The summed E-state index contributed by atoms with van der Waals surface area (Å²) in [6, 6.07) is 4.11. The third-order valence-corrected chi connectivity index (χ3v) is 3.43. The number of nitrogens with two attached hydrogens (primary N) is 1. The second kappa shape index (κ2) is 5.47. The van der Waals surface area contributed by atoms with Crippen LogP contribution in [0.25, 0.3) is 0 Å². The van der Waals surface area contributed by atoms with Crippen LogP contribution in [0, 0.1) is 12.8 Å². The molecule has 1 aromatic rings. The van der Waals surface area contributed by atoms with E-state index in [2.05, 4.69) is 16.0 Å². The second-order valence-electron chi connectivity index (χ2n) is 4.79. The molecule has 94 valence electrons. The van der Waals surface area contributed by atoms with Crippen molar-refractivity contribution in [1.82, 2.24) is 4.98 Å². The van der Waals surface area contributed by atoms with Crippen LogP contribution in [0.4, 0.5) is 5.82 Å². The number of pyridine rings is 1. The molecular weight excluding hydrogens is 214 g/mol. The number of aliphatic hydroxyl groups excluding tert-OH is 1. The minimum Gasteiger partial charge on any atom is -0.396 e. The molecule has 0 aliphatic carbocycles. The summed E-state index contributed by atoms with van der Waals surface area (Å²) in [5.74, 6) is 1.49. The van der Waals surface area contributed by atoms with Crippen molar-refractivity contribution in [1.29, 1.82) is 0 Å². The van der Waals surface area contributed by atoms with Gasteiger partial charge in [0.2, 0.25) is 0 Å². The van der Waals surface area contributed by atoms with Crippen LogP contribution in [0.3, 0.4) is 0 Å². The topological polar surface area (TPSA) is 62.4 Å². The molecule has 0 unspecified atom stereocenters. The molecule has 3 N–H and O–H groups in total. The van der Waals surface area contributed by atoms with E-state index in [9.17, 15) is 0 Å². The predicted octanol–water partition coefficient (Wildman–Crippen LogP) is 1.06. The van der Waals surface area contributed by atoms with Gasteiger partial charge in [0.25, 0.3) is 0 Å². The quantitative estimate of drug-likeness (QED) is 0.822. The molecule has 4 heteroatoms. The molecule has 2 rings (SSSR count). The van der Waals surface area contributed by atoms with Crippen molar-refractivity contribution < 1.29 is 5.11 Å². The molecule has 4 nitrogen and oxygen atoms in total. The first kappa shape index (κ1) is 12.3. The summed E-state index contributed by atoms with van der Waals surface area (Å²) in [6.07, 6.45) is 2.09. The minimum absolute atomic E-state index is 0.309. The molecule has 2 heterocycles. The Labute approximate surface area is 102 Å². The molecule has 1 aromatic heterocycles. The Morgan fingerprint density at radius 2 is 2.12 bits per heavy atom. The normalized spacial score (nSPS) is 17.5. The lowest BCUT2D eigenvalue weighted by atomic mass is 9.98. The maximum atomic E-state index is 9.12. The Hall–Kier alpha value is -1.13. The number of piperidine rings is 1. The molecule has 0 spiro atoms. The van der Waals surface area contributed by atoms with Gasteiger partial charge in [0, 0.05) is 31.9 Å². The van der Waals surface area contributed by atoms with E-state index >= 15 is 0 Å². The largest absolute Gasteiger partial charge is 0.396 e. The monoisotopic (exact) mass is 235 g/mol. The Morgan fingerprint density at radius 1 is 1.41 bits per heavy atom. The van der Waals surface area contributed by atoms with Gasteiger partial charge < -0.3 is 15.7 Å². The van der Waals surface area contributed by atoms with Crippen LogP contribution in [0.2, 0.25) is 0 Å². The maximum Gasteiger partial charge on any atom is 0.129 e. The lowest BCUT2D eigenvalue weighted by molar-refractivity contribution is 0.203. The van der Waals surface area contributed by atoms with E-state index in [-0.39, 0.29) is 0 Å². The van der Waals surface area contributed by atoms with Gasteiger partial charge in [-0.15, -0.1) is 0 Å². The van der Waals surface area contributed by atoms with Crippen LogP contribution in [0.15, 0.2) is 12.1 Å². The van der Waals surface area contributed by atoms with Crippen LogP contribution in [0.5, 0.6) is 0 Å². The Balaban J connectivity index is 2.10. The highest BCUT2D eigenvalue weighted by molar-refractivity contribution is 5.43. The highest BCUT2D eigenvalue weighted by Gasteiger charge is 2.19. The highest BCUT2D eigenvalue weighted by Crippen LogP contribution is 2.22. The van der Waals surface area contributed by atoms with Gasteiger partial charge in [-0.3, -0.25) is 0 Å².